The second-order valence-electron chi connectivity index (χ2n) is 3.49. The quantitative estimate of drug-likeness (QED) is 0.900. The summed E-state index contributed by atoms with van der Waals surface area (Å²) in [5.41, 5.74) is 0.653. The molecule has 0 aliphatic heterocycles. The Morgan fingerprint density at radius 3 is 2.71 bits per heavy atom. The number of hydrogen-bond donors (Lipinski definition) is 1. The van der Waals surface area contributed by atoms with Gasteiger partial charge in [0, 0.05) is 10.2 Å². The Balaban J connectivity index is 2.15. The highest BCUT2D eigenvalue weighted by Gasteiger charge is 2.10. The van der Waals surface area contributed by atoms with E-state index in [9.17, 15) is 4.79 Å². The SMILES string of the molecule is Cc1ccc(C(=O)Nc2ccc(Cl)c(Br)c2)o1. The molecule has 17 heavy (non-hydrogen) atoms. The average Bonchev–Trinajstić information content (AvgIpc) is 2.70. The molecule has 1 aromatic carbocycles. The molecule has 0 aliphatic rings. The van der Waals surface area contributed by atoms with Gasteiger partial charge in [-0.1, -0.05) is 11.6 Å². The van der Waals surface area contributed by atoms with Gasteiger partial charge in [0.1, 0.15) is 5.76 Å². The van der Waals surface area contributed by atoms with E-state index in [0.717, 1.165) is 4.47 Å². The first-order valence-corrected chi connectivity index (χ1v) is 6.06. The van der Waals surface area contributed by atoms with E-state index in [2.05, 4.69) is 21.2 Å². The largest absolute Gasteiger partial charge is 0.456 e. The summed E-state index contributed by atoms with van der Waals surface area (Å²) >= 11 is 9.15. The van der Waals surface area contributed by atoms with Gasteiger partial charge in [0.05, 0.1) is 5.02 Å². The van der Waals surface area contributed by atoms with Gasteiger partial charge in [-0.2, -0.15) is 0 Å². The zero-order chi connectivity index (χ0) is 12.4. The van der Waals surface area contributed by atoms with Crippen LogP contribution in [0.1, 0.15) is 16.3 Å². The van der Waals surface area contributed by atoms with Gasteiger partial charge < -0.3 is 9.73 Å². The van der Waals surface area contributed by atoms with Crippen LogP contribution in [-0.4, -0.2) is 5.91 Å². The van der Waals surface area contributed by atoms with E-state index in [1.54, 1.807) is 37.3 Å². The van der Waals surface area contributed by atoms with Crippen molar-refractivity contribution in [1.29, 1.82) is 0 Å². The van der Waals surface area contributed by atoms with Crippen LogP contribution >= 0.6 is 27.5 Å². The van der Waals surface area contributed by atoms with Gasteiger partial charge in [0.2, 0.25) is 0 Å². The van der Waals surface area contributed by atoms with Crippen LogP contribution in [-0.2, 0) is 0 Å². The molecule has 0 bridgehead atoms. The number of benzene rings is 1. The lowest BCUT2D eigenvalue weighted by Crippen LogP contribution is -2.10. The Labute approximate surface area is 112 Å². The smallest absolute Gasteiger partial charge is 0.291 e. The van der Waals surface area contributed by atoms with Gasteiger partial charge >= 0.3 is 0 Å². The van der Waals surface area contributed by atoms with Crippen molar-refractivity contribution in [3.05, 3.63) is 51.3 Å². The summed E-state index contributed by atoms with van der Waals surface area (Å²) < 4.78 is 5.95. The van der Waals surface area contributed by atoms with Crippen molar-refractivity contribution in [1.82, 2.24) is 0 Å². The summed E-state index contributed by atoms with van der Waals surface area (Å²) in [6.45, 7) is 1.79. The minimum atomic E-state index is -0.285. The summed E-state index contributed by atoms with van der Waals surface area (Å²) in [5.74, 6) is 0.702. The molecule has 0 radical (unpaired) electrons. The summed E-state index contributed by atoms with van der Waals surface area (Å²) in [6.07, 6.45) is 0. The maximum atomic E-state index is 11.8. The summed E-state index contributed by atoms with van der Waals surface area (Å²) in [7, 11) is 0. The molecule has 5 heteroatoms. The van der Waals surface area contributed by atoms with E-state index in [0.29, 0.717) is 16.5 Å². The van der Waals surface area contributed by atoms with E-state index in [1.165, 1.54) is 0 Å². The Hall–Kier alpha value is -1.26. The highest BCUT2D eigenvalue weighted by atomic mass is 79.9. The molecular weight excluding hydrogens is 305 g/mol. The lowest BCUT2D eigenvalue weighted by atomic mass is 10.3. The van der Waals surface area contributed by atoms with Crippen molar-refractivity contribution < 1.29 is 9.21 Å². The van der Waals surface area contributed by atoms with Gasteiger partial charge in [0.15, 0.2) is 5.76 Å². The molecule has 0 fully saturated rings. The molecule has 2 rings (SSSR count). The first-order valence-electron chi connectivity index (χ1n) is 4.89. The Morgan fingerprint density at radius 2 is 2.12 bits per heavy atom. The van der Waals surface area contributed by atoms with Crippen LogP contribution in [0.5, 0.6) is 0 Å². The van der Waals surface area contributed by atoms with E-state index >= 15 is 0 Å². The van der Waals surface area contributed by atoms with Crippen LogP contribution < -0.4 is 5.32 Å². The summed E-state index contributed by atoms with van der Waals surface area (Å²) in [4.78, 5) is 11.8. The van der Waals surface area contributed by atoms with Crippen LogP contribution in [0, 0.1) is 6.92 Å². The van der Waals surface area contributed by atoms with Gasteiger partial charge in [-0.15, -0.1) is 0 Å². The minimum Gasteiger partial charge on any atom is -0.456 e. The third kappa shape index (κ3) is 2.90. The van der Waals surface area contributed by atoms with E-state index < -0.39 is 0 Å². The number of amides is 1. The van der Waals surface area contributed by atoms with Crippen molar-refractivity contribution in [2.45, 2.75) is 6.92 Å². The van der Waals surface area contributed by atoms with Crippen molar-refractivity contribution in [3.63, 3.8) is 0 Å². The third-order valence-electron chi connectivity index (χ3n) is 2.14. The molecule has 88 valence electrons. The van der Waals surface area contributed by atoms with Crippen molar-refractivity contribution in [3.8, 4) is 0 Å². The fraction of sp³-hybridized carbons (Fsp3) is 0.0833. The highest BCUT2D eigenvalue weighted by molar-refractivity contribution is 9.10. The minimum absolute atomic E-state index is 0.285. The number of hydrogen-bond acceptors (Lipinski definition) is 2. The third-order valence-corrected chi connectivity index (χ3v) is 3.36. The van der Waals surface area contributed by atoms with Crippen LogP contribution in [0.15, 0.2) is 39.2 Å². The zero-order valence-corrected chi connectivity index (χ0v) is 11.3. The zero-order valence-electron chi connectivity index (χ0n) is 8.96. The highest BCUT2D eigenvalue weighted by Crippen LogP contribution is 2.25. The average molecular weight is 315 g/mol. The van der Waals surface area contributed by atoms with Crippen LogP contribution in [0.4, 0.5) is 5.69 Å². The number of aryl methyl sites for hydroxylation is 1. The number of carbonyl (C=O) groups is 1. The first kappa shape index (κ1) is 12.2. The Kier molecular flexibility index (Phi) is 3.54. The molecule has 0 unspecified atom stereocenters. The number of nitrogens with one attached hydrogen (secondary N) is 1. The van der Waals surface area contributed by atoms with Crippen LogP contribution in [0.3, 0.4) is 0 Å². The number of halogens is 2. The monoisotopic (exact) mass is 313 g/mol. The van der Waals surface area contributed by atoms with Crippen molar-refractivity contribution in [2.24, 2.45) is 0 Å². The molecule has 0 atom stereocenters. The molecule has 1 N–H and O–H groups in total. The van der Waals surface area contributed by atoms with Crippen LogP contribution in [0.25, 0.3) is 0 Å². The summed E-state index contributed by atoms with van der Waals surface area (Å²) in [6, 6.07) is 8.54. The predicted octanol–water partition coefficient (Wildman–Crippen LogP) is 4.26. The number of rotatable bonds is 2. The van der Waals surface area contributed by atoms with Gasteiger partial charge in [0.25, 0.3) is 5.91 Å². The van der Waals surface area contributed by atoms with Crippen molar-refractivity contribution >= 4 is 39.1 Å². The van der Waals surface area contributed by atoms with Gasteiger partial charge in [-0.3, -0.25) is 4.79 Å². The Morgan fingerprint density at radius 1 is 1.35 bits per heavy atom. The normalized spacial score (nSPS) is 10.3. The number of furan rings is 1. The molecule has 0 spiro atoms. The topological polar surface area (TPSA) is 42.2 Å². The van der Waals surface area contributed by atoms with Gasteiger partial charge in [-0.05, 0) is 53.2 Å². The fourth-order valence-electron chi connectivity index (χ4n) is 1.32. The molecule has 1 aromatic heterocycles. The molecule has 1 amide bonds. The Bertz CT molecular complexity index is 565. The molecule has 1 heterocycles. The van der Waals surface area contributed by atoms with E-state index in [-0.39, 0.29) is 11.7 Å². The lowest BCUT2D eigenvalue weighted by Gasteiger charge is -2.04. The first-order chi connectivity index (χ1) is 8.06. The second kappa shape index (κ2) is 4.94. The molecule has 3 nitrogen and oxygen atoms in total. The molecule has 2 aromatic rings. The molecule has 0 aliphatic carbocycles. The van der Waals surface area contributed by atoms with Crippen molar-refractivity contribution in [2.75, 3.05) is 5.32 Å². The molecule has 0 saturated carbocycles. The molecule has 0 saturated heterocycles. The second-order valence-corrected chi connectivity index (χ2v) is 4.75. The van der Waals surface area contributed by atoms with E-state index in [4.69, 9.17) is 16.0 Å². The molecular formula is C12H9BrClNO2. The van der Waals surface area contributed by atoms with Gasteiger partial charge in [-0.25, -0.2) is 0 Å². The maximum Gasteiger partial charge on any atom is 0.291 e. The standard InChI is InChI=1S/C12H9BrClNO2/c1-7-2-5-11(17-7)12(16)15-8-3-4-10(14)9(13)6-8/h2-6H,1H3,(H,15,16). The predicted molar refractivity (Wildman–Crippen MR) is 70.6 cm³/mol. The lowest BCUT2D eigenvalue weighted by molar-refractivity contribution is 0.0995. The fourth-order valence-corrected chi connectivity index (χ4v) is 1.82. The van der Waals surface area contributed by atoms with E-state index in [1.807, 2.05) is 0 Å². The maximum absolute atomic E-state index is 11.8. The summed E-state index contributed by atoms with van der Waals surface area (Å²) in [5, 5.41) is 3.31. The number of anilines is 1. The van der Waals surface area contributed by atoms with Crippen LogP contribution in [0.2, 0.25) is 5.02 Å². The number of carbonyl (C=O) groups excluding carboxylic acids is 1.